The van der Waals surface area contributed by atoms with Gasteiger partial charge in [-0.25, -0.2) is 14.5 Å². The monoisotopic (exact) mass is 403 g/mol. The Kier molecular flexibility index (Phi) is 14.8. The molecule has 3 amide bonds. The standard InChI is InChI=1S/C18H37N5O5/c1-5-7-9-21-17(25)27-14(3)23(12-11-20-16(24)13-19)15(4)28-18(26)22-10-8-6-2/h14-15H,5-13,19H2,1-4H3,(H,20,24)(H,21,25)(H,22,26). The molecule has 0 aliphatic carbocycles. The number of unbranched alkanes of at least 4 members (excludes halogenated alkanes) is 2. The molecular weight excluding hydrogens is 366 g/mol. The average Bonchev–Trinajstić information content (AvgIpc) is 2.65. The molecule has 10 heteroatoms. The molecule has 0 heterocycles. The molecule has 0 aliphatic heterocycles. The molecule has 0 aromatic carbocycles. The first-order valence-corrected chi connectivity index (χ1v) is 9.97. The highest BCUT2D eigenvalue weighted by Gasteiger charge is 2.25. The Morgan fingerprint density at radius 3 is 1.71 bits per heavy atom. The number of hydrogen-bond donors (Lipinski definition) is 4. The fraction of sp³-hybridized carbons (Fsp3) is 0.833. The van der Waals surface area contributed by atoms with Crippen molar-refractivity contribution in [1.29, 1.82) is 0 Å². The van der Waals surface area contributed by atoms with Crippen LogP contribution in [-0.4, -0.2) is 68.2 Å². The van der Waals surface area contributed by atoms with Gasteiger partial charge in [0.05, 0.1) is 6.54 Å². The molecule has 5 N–H and O–H groups in total. The highest BCUT2D eigenvalue weighted by Crippen LogP contribution is 2.09. The van der Waals surface area contributed by atoms with Crippen LogP contribution in [0.4, 0.5) is 9.59 Å². The van der Waals surface area contributed by atoms with Gasteiger partial charge in [0.1, 0.15) is 0 Å². The van der Waals surface area contributed by atoms with Gasteiger partial charge in [-0.15, -0.1) is 0 Å². The summed E-state index contributed by atoms with van der Waals surface area (Å²) in [7, 11) is 0. The molecule has 0 saturated carbocycles. The molecule has 0 saturated heterocycles. The van der Waals surface area contributed by atoms with E-state index in [2.05, 4.69) is 16.0 Å². The minimum atomic E-state index is -0.671. The van der Waals surface area contributed by atoms with Gasteiger partial charge >= 0.3 is 12.2 Å². The van der Waals surface area contributed by atoms with Crippen LogP contribution in [0.15, 0.2) is 0 Å². The molecule has 0 radical (unpaired) electrons. The van der Waals surface area contributed by atoms with Crippen LogP contribution in [0.1, 0.15) is 53.4 Å². The predicted octanol–water partition coefficient (Wildman–Crippen LogP) is 1.11. The number of hydrogen-bond acceptors (Lipinski definition) is 7. The first kappa shape index (κ1) is 25.9. The lowest BCUT2D eigenvalue weighted by Crippen LogP contribution is -2.50. The first-order chi connectivity index (χ1) is 13.3. The molecule has 0 fully saturated rings. The summed E-state index contributed by atoms with van der Waals surface area (Å²) in [5, 5.41) is 7.99. The molecule has 10 nitrogen and oxygen atoms in total. The van der Waals surface area contributed by atoms with Gasteiger partial charge in [0, 0.05) is 26.2 Å². The van der Waals surface area contributed by atoms with Crippen molar-refractivity contribution in [3.63, 3.8) is 0 Å². The summed E-state index contributed by atoms with van der Waals surface area (Å²) in [6, 6.07) is 0. The lowest BCUT2D eigenvalue weighted by atomic mass is 10.3. The maximum Gasteiger partial charge on any atom is 0.408 e. The van der Waals surface area contributed by atoms with Crippen LogP contribution in [0.25, 0.3) is 0 Å². The van der Waals surface area contributed by atoms with Crippen LogP contribution in [0.3, 0.4) is 0 Å². The average molecular weight is 404 g/mol. The zero-order chi connectivity index (χ0) is 21.4. The summed E-state index contributed by atoms with van der Waals surface area (Å²) in [4.78, 5) is 36.8. The number of carbonyl (C=O) groups excluding carboxylic acids is 3. The number of nitrogens with one attached hydrogen (secondary N) is 3. The van der Waals surface area contributed by atoms with E-state index in [9.17, 15) is 14.4 Å². The van der Waals surface area contributed by atoms with Crippen molar-refractivity contribution in [2.75, 3.05) is 32.7 Å². The highest BCUT2D eigenvalue weighted by molar-refractivity contribution is 5.77. The first-order valence-electron chi connectivity index (χ1n) is 9.97. The van der Waals surface area contributed by atoms with Gasteiger partial charge in [-0.1, -0.05) is 26.7 Å². The lowest BCUT2D eigenvalue weighted by molar-refractivity contribution is -0.121. The summed E-state index contributed by atoms with van der Waals surface area (Å²) in [5.41, 5.74) is 5.28. The summed E-state index contributed by atoms with van der Waals surface area (Å²) < 4.78 is 10.7. The molecule has 0 aromatic rings. The zero-order valence-electron chi connectivity index (χ0n) is 17.6. The third-order valence-corrected chi connectivity index (χ3v) is 3.97. The Morgan fingerprint density at radius 2 is 1.32 bits per heavy atom. The minimum absolute atomic E-state index is 0.113. The number of alkyl carbamates (subject to hydrolysis) is 2. The van der Waals surface area contributed by atoms with Gasteiger partial charge in [0.25, 0.3) is 0 Å². The van der Waals surface area contributed by atoms with Crippen molar-refractivity contribution in [2.24, 2.45) is 5.73 Å². The van der Waals surface area contributed by atoms with Gasteiger partial charge in [0.2, 0.25) is 5.91 Å². The van der Waals surface area contributed by atoms with Gasteiger partial charge in [-0.3, -0.25) is 4.79 Å². The van der Waals surface area contributed by atoms with Crippen molar-refractivity contribution >= 4 is 18.1 Å². The highest BCUT2D eigenvalue weighted by atomic mass is 16.6. The van der Waals surface area contributed by atoms with E-state index >= 15 is 0 Å². The molecule has 164 valence electrons. The maximum absolute atomic E-state index is 11.9. The van der Waals surface area contributed by atoms with E-state index < -0.39 is 24.6 Å². The smallest absolute Gasteiger partial charge is 0.408 e. The topological polar surface area (TPSA) is 135 Å². The summed E-state index contributed by atoms with van der Waals surface area (Å²) in [5.74, 6) is -0.295. The largest absolute Gasteiger partial charge is 0.430 e. The lowest BCUT2D eigenvalue weighted by Gasteiger charge is -2.33. The molecule has 2 atom stereocenters. The van der Waals surface area contributed by atoms with Crippen LogP contribution < -0.4 is 21.7 Å². The van der Waals surface area contributed by atoms with E-state index in [0.29, 0.717) is 19.6 Å². The van der Waals surface area contributed by atoms with Crippen LogP contribution >= 0.6 is 0 Å². The van der Waals surface area contributed by atoms with E-state index in [0.717, 1.165) is 25.7 Å². The SMILES string of the molecule is CCCCNC(=O)OC(C)N(CCNC(=O)CN)C(C)OC(=O)NCCCC. The van der Waals surface area contributed by atoms with Gasteiger partial charge in [-0.2, -0.15) is 0 Å². The third kappa shape index (κ3) is 12.3. The van der Waals surface area contributed by atoms with Crippen LogP contribution in [0, 0.1) is 0 Å². The van der Waals surface area contributed by atoms with E-state index in [4.69, 9.17) is 15.2 Å². The Labute approximate surface area is 167 Å². The number of nitrogens with zero attached hydrogens (tertiary/aromatic N) is 1. The quantitative estimate of drug-likeness (QED) is 0.252. The summed E-state index contributed by atoms with van der Waals surface area (Å²) in [6.45, 7) is 8.93. The maximum atomic E-state index is 11.9. The second kappa shape index (κ2) is 15.9. The van der Waals surface area contributed by atoms with Crippen molar-refractivity contribution in [1.82, 2.24) is 20.9 Å². The Balaban J connectivity index is 4.74. The van der Waals surface area contributed by atoms with E-state index in [1.165, 1.54) is 0 Å². The fourth-order valence-corrected chi connectivity index (χ4v) is 2.32. The van der Waals surface area contributed by atoms with E-state index in [1.807, 2.05) is 13.8 Å². The molecule has 2 unspecified atom stereocenters. The summed E-state index contributed by atoms with van der Waals surface area (Å²) in [6.07, 6.45) is 1.20. The fourth-order valence-electron chi connectivity index (χ4n) is 2.32. The molecule has 0 aromatic heterocycles. The Bertz CT molecular complexity index is 434. The van der Waals surface area contributed by atoms with Gasteiger partial charge < -0.3 is 31.2 Å². The Morgan fingerprint density at radius 1 is 0.857 bits per heavy atom. The van der Waals surface area contributed by atoms with Gasteiger partial charge in [0.15, 0.2) is 12.5 Å². The molecule has 0 rings (SSSR count). The normalized spacial score (nSPS) is 12.8. The molecular formula is C18H37N5O5. The second-order valence-corrected chi connectivity index (χ2v) is 6.36. The molecule has 0 bridgehead atoms. The van der Waals surface area contributed by atoms with Gasteiger partial charge in [-0.05, 0) is 26.7 Å². The van der Waals surface area contributed by atoms with Crippen molar-refractivity contribution in [3.8, 4) is 0 Å². The second-order valence-electron chi connectivity index (χ2n) is 6.36. The summed E-state index contributed by atoms with van der Waals surface area (Å²) >= 11 is 0. The predicted molar refractivity (Wildman–Crippen MR) is 106 cm³/mol. The minimum Gasteiger partial charge on any atom is -0.430 e. The van der Waals surface area contributed by atoms with E-state index in [-0.39, 0.29) is 19.0 Å². The van der Waals surface area contributed by atoms with Crippen LogP contribution in [-0.2, 0) is 14.3 Å². The third-order valence-electron chi connectivity index (χ3n) is 3.97. The van der Waals surface area contributed by atoms with Crippen LogP contribution in [0.2, 0.25) is 0 Å². The van der Waals surface area contributed by atoms with Crippen molar-refractivity contribution in [2.45, 2.75) is 65.8 Å². The number of carbonyl (C=O) groups is 3. The number of rotatable bonds is 14. The Hall–Kier alpha value is -2.07. The van der Waals surface area contributed by atoms with Crippen LogP contribution in [0.5, 0.6) is 0 Å². The van der Waals surface area contributed by atoms with Crippen molar-refractivity contribution < 1.29 is 23.9 Å². The number of amides is 3. The zero-order valence-corrected chi connectivity index (χ0v) is 17.6. The molecule has 0 spiro atoms. The van der Waals surface area contributed by atoms with Crippen molar-refractivity contribution in [3.05, 3.63) is 0 Å². The molecule has 0 aliphatic rings. The number of ether oxygens (including phenoxy) is 2. The van der Waals surface area contributed by atoms with E-state index in [1.54, 1.807) is 18.7 Å². The number of nitrogens with two attached hydrogens (primary N) is 1. The molecule has 28 heavy (non-hydrogen) atoms.